The molecule has 0 aliphatic carbocycles. The van der Waals surface area contributed by atoms with E-state index in [1.807, 2.05) is 38.1 Å². The van der Waals surface area contributed by atoms with Crippen LogP contribution in [0.15, 0.2) is 72.3 Å². The van der Waals surface area contributed by atoms with E-state index in [9.17, 15) is 20.0 Å². The summed E-state index contributed by atoms with van der Waals surface area (Å²) < 4.78 is 5.67. The normalized spacial score (nSPS) is 10.8. The minimum absolute atomic E-state index is 0.0664. The van der Waals surface area contributed by atoms with Crippen LogP contribution in [0.1, 0.15) is 16.7 Å². The highest BCUT2D eigenvalue weighted by Gasteiger charge is 2.13. The summed E-state index contributed by atoms with van der Waals surface area (Å²) in [4.78, 5) is 24.9. The Morgan fingerprint density at radius 3 is 2.48 bits per heavy atom. The van der Waals surface area contributed by atoms with Gasteiger partial charge < -0.3 is 20.5 Å². The molecule has 0 fully saturated rings. The third kappa shape index (κ3) is 6.45. The molecule has 0 saturated heterocycles. The van der Waals surface area contributed by atoms with Crippen LogP contribution in [0.3, 0.4) is 0 Å². The molecule has 7 heteroatoms. The van der Waals surface area contributed by atoms with Gasteiger partial charge >= 0.3 is 0 Å². The molecule has 3 N–H and O–H groups in total. The van der Waals surface area contributed by atoms with Gasteiger partial charge in [0.1, 0.15) is 23.1 Å². The Morgan fingerprint density at radius 2 is 1.76 bits per heavy atom. The molecule has 2 amide bonds. The van der Waals surface area contributed by atoms with Crippen molar-refractivity contribution in [3.63, 3.8) is 0 Å². The quantitative estimate of drug-likeness (QED) is 0.282. The largest absolute Gasteiger partial charge is 0.508 e. The summed E-state index contributed by atoms with van der Waals surface area (Å²) in [5.74, 6) is -0.505. The second kappa shape index (κ2) is 10.6. The molecule has 0 heterocycles. The number of hydrogen-bond donors (Lipinski definition) is 3. The van der Waals surface area contributed by atoms with Gasteiger partial charge in [0.05, 0.1) is 0 Å². The molecule has 3 aromatic rings. The van der Waals surface area contributed by atoms with E-state index in [0.29, 0.717) is 17.0 Å². The Morgan fingerprint density at radius 1 is 1.03 bits per heavy atom. The highest BCUT2D eigenvalue weighted by Crippen LogP contribution is 2.22. The number of rotatable bonds is 7. The van der Waals surface area contributed by atoms with Crippen molar-refractivity contribution in [1.29, 1.82) is 5.26 Å². The maximum atomic E-state index is 12.5. The molecule has 0 spiro atoms. The average Bonchev–Trinajstić information content (AvgIpc) is 2.80. The number of nitrogens with one attached hydrogen (secondary N) is 2. The first-order chi connectivity index (χ1) is 15.9. The number of hydrogen-bond acceptors (Lipinski definition) is 5. The van der Waals surface area contributed by atoms with Gasteiger partial charge in [-0.05, 0) is 67.4 Å². The topological polar surface area (TPSA) is 111 Å². The molecule has 0 aromatic heterocycles. The van der Waals surface area contributed by atoms with E-state index in [1.54, 1.807) is 24.3 Å². The van der Waals surface area contributed by atoms with Gasteiger partial charge in [-0.25, -0.2) is 0 Å². The molecule has 166 valence electrons. The minimum atomic E-state index is -0.606. The zero-order chi connectivity index (χ0) is 23.8. The Bertz CT molecular complexity index is 1240. The maximum Gasteiger partial charge on any atom is 0.266 e. The van der Waals surface area contributed by atoms with Crippen LogP contribution in [-0.4, -0.2) is 23.5 Å². The number of carbonyl (C=O) groups is 2. The molecule has 0 aliphatic rings. The number of phenolic OH excluding ortho intramolecular Hbond substituents is 1. The SMILES string of the molecule is Cc1ccc(C)c(NC(=O)COc2ccccc2/C=C(\C#N)C(=O)Nc2ccc(O)cc2)c1. The first-order valence-corrected chi connectivity index (χ1v) is 10.2. The fraction of sp³-hybridized carbons (Fsp3) is 0.115. The van der Waals surface area contributed by atoms with Crippen LogP contribution in [0.4, 0.5) is 11.4 Å². The van der Waals surface area contributed by atoms with Gasteiger partial charge in [0.15, 0.2) is 6.61 Å². The number of anilines is 2. The highest BCUT2D eigenvalue weighted by molar-refractivity contribution is 6.09. The first-order valence-electron chi connectivity index (χ1n) is 10.2. The van der Waals surface area contributed by atoms with Crippen molar-refractivity contribution >= 4 is 29.3 Å². The number of phenols is 1. The van der Waals surface area contributed by atoms with Crippen LogP contribution >= 0.6 is 0 Å². The zero-order valence-corrected chi connectivity index (χ0v) is 18.3. The molecule has 0 bridgehead atoms. The van der Waals surface area contributed by atoms with Gasteiger partial charge in [0.25, 0.3) is 11.8 Å². The van der Waals surface area contributed by atoms with E-state index in [1.165, 1.54) is 30.3 Å². The number of para-hydroxylation sites is 1. The molecule has 0 unspecified atom stereocenters. The Kier molecular flexibility index (Phi) is 7.45. The van der Waals surface area contributed by atoms with Gasteiger partial charge in [0, 0.05) is 16.9 Å². The van der Waals surface area contributed by atoms with Crippen LogP contribution < -0.4 is 15.4 Å². The van der Waals surface area contributed by atoms with E-state index in [0.717, 1.165) is 16.8 Å². The Hall–Kier alpha value is -4.57. The molecule has 33 heavy (non-hydrogen) atoms. The standard InChI is InChI=1S/C26H23N3O4/c1-17-7-8-18(2)23(13-17)29-25(31)16-33-24-6-4-3-5-19(24)14-20(15-27)26(32)28-21-9-11-22(30)12-10-21/h3-14,30H,16H2,1-2H3,(H,28,32)(H,29,31)/b20-14+. The summed E-state index contributed by atoms with van der Waals surface area (Å²) >= 11 is 0. The number of benzene rings is 3. The molecule has 3 rings (SSSR count). The summed E-state index contributed by atoms with van der Waals surface area (Å²) in [6, 6.07) is 20.4. The third-order valence-electron chi connectivity index (χ3n) is 4.74. The number of aromatic hydroxyl groups is 1. The summed E-state index contributed by atoms with van der Waals surface area (Å²) in [6.45, 7) is 3.61. The molecular weight excluding hydrogens is 418 g/mol. The molecule has 0 atom stereocenters. The summed E-state index contributed by atoms with van der Waals surface area (Å²) in [6.07, 6.45) is 1.40. The number of aryl methyl sites for hydroxylation is 2. The maximum absolute atomic E-state index is 12.5. The van der Waals surface area contributed by atoms with E-state index >= 15 is 0 Å². The number of ether oxygens (including phenoxy) is 1. The summed E-state index contributed by atoms with van der Waals surface area (Å²) in [5, 5.41) is 24.3. The van der Waals surface area contributed by atoms with E-state index in [2.05, 4.69) is 10.6 Å². The van der Waals surface area contributed by atoms with Gasteiger partial charge in [-0.1, -0.05) is 30.3 Å². The van der Waals surface area contributed by atoms with Gasteiger partial charge in [-0.2, -0.15) is 5.26 Å². The lowest BCUT2D eigenvalue weighted by Crippen LogP contribution is -2.21. The van der Waals surface area contributed by atoms with Crippen molar-refractivity contribution in [3.05, 3.63) is 89.0 Å². The van der Waals surface area contributed by atoms with Crippen molar-refractivity contribution in [3.8, 4) is 17.6 Å². The number of amides is 2. The highest BCUT2D eigenvalue weighted by atomic mass is 16.5. The molecular formula is C26H23N3O4. The number of nitrogens with zero attached hydrogens (tertiary/aromatic N) is 1. The fourth-order valence-electron chi connectivity index (χ4n) is 2.98. The Balaban J connectivity index is 1.70. The van der Waals surface area contributed by atoms with Crippen LogP contribution in [0.5, 0.6) is 11.5 Å². The number of carbonyl (C=O) groups excluding carboxylic acids is 2. The van der Waals surface area contributed by atoms with Crippen molar-refractivity contribution < 1.29 is 19.4 Å². The molecule has 0 aliphatic heterocycles. The second-order valence-electron chi connectivity index (χ2n) is 7.36. The van der Waals surface area contributed by atoms with Gasteiger partial charge in [-0.15, -0.1) is 0 Å². The fourth-order valence-corrected chi connectivity index (χ4v) is 2.98. The zero-order valence-electron chi connectivity index (χ0n) is 18.3. The molecule has 3 aromatic carbocycles. The van der Waals surface area contributed by atoms with Crippen LogP contribution in [-0.2, 0) is 9.59 Å². The first kappa shape index (κ1) is 23.1. The molecule has 0 saturated carbocycles. The predicted molar refractivity (Wildman–Crippen MR) is 127 cm³/mol. The Labute approximate surface area is 191 Å². The molecule has 7 nitrogen and oxygen atoms in total. The van der Waals surface area contributed by atoms with Crippen molar-refractivity contribution in [2.75, 3.05) is 17.2 Å². The minimum Gasteiger partial charge on any atom is -0.508 e. The van der Waals surface area contributed by atoms with Gasteiger partial charge in [0.2, 0.25) is 0 Å². The number of nitriles is 1. The lowest BCUT2D eigenvalue weighted by molar-refractivity contribution is -0.118. The third-order valence-corrected chi connectivity index (χ3v) is 4.74. The van der Waals surface area contributed by atoms with E-state index < -0.39 is 5.91 Å². The average molecular weight is 441 g/mol. The lowest BCUT2D eigenvalue weighted by atomic mass is 10.1. The van der Waals surface area contributed by atoms with E-state index in [4.69, 9.17) is 4.74 Å². The summed E-state index contributed by atoms with van der Waals surface area (Å²) in [7, 11) is 0. The predicted octanol–water partition coefficient (Wildman–Crippen LogP) is 4.57. The van der Waals surface area contributed by atoms with Crippen LogP contribution in [0.25, 0.3) is 6.08 Å². The van der Waals surface area contributed by atoms with Crippen molar-refractivity contribution in [2.45, 2.75) is 13.8 Å². The van der Waals surface area contributed by atoms with Crippen molar-refractivity contribution in [1.82, 2.24) is 0 Å². The van der Waals surface area contributed by atoms with Crippen molar-refractivity contribution in [2.24, 2.45) is 0 Å². The van der Waals surface area contributed by atoms with Crippen LogP contribution in [0, 0.1) is 25.2 Å². The molecule has 0 radical (unpaired) electrons. The van der Waals surface area contributed by atoms with Crippen LogP contribution in [0.2, 0.25) is 0 Å². The monoisotopic (exact) mass is 441 g/mol. The van der Waals surface area contributed by atoms with E-state index in [-0.39, 0.29) is 23.8 Å². The summed E-state index contributed by atoms with van der Waals surface area (Å²) in [5.41, 5.74) is 3.46. The smallest absolute Gasteiger partial charge is 0.266 e. The second-order valence-corrected chi connectivity index (χ2v) is 7.36. The van der Waals surface area contributed by atoms with Gasteiger partial charge in [-0.3, -0.25) is 9.59 Å². The lowest BCUT2D eigenvalue weighted by Gasteiger charge is -2.12.